The number of benzene rings is 1. The van der Waals surface area contributed by atoms with Crippen LogP contribution in [0.2, 0.25) is 0 Å². The van der Waals surface area contributed by atoms with Crippen molar-refractivity contribution in [2.75, 3.05) is 6.54 Å². The van der Waals surface area contributed by atoms with E-state index in [0.29, 0.717) is 12.6 Å². The third kappa shape index (κ3) is 4.28. The molecule has 1 saturated heterocycles. The monoisotopic (exact) mass is 340 g/mol. The summed E-state index contributed by atoms with van der Waals surface area (Å²) in [4.78, 5) is 14.8. The smallest absolute Gasteiger partial charge is 0.240 e. The fourth-order valence-electron chi connectivity index (χ4n) is 3.31. The topological polar surface area (TPSA) is 50.2 Å². The number of aromatic nitrogens is 2. The second-order valence-electron chi connectivity index (χ2n) is 7.18. The Hall–Kier alpha value is -2.14. The number of hydrogen-bond donors (Lipinski definition) is 1. The maximum Gasteiger partial charge on any atom is 0.240 e. The molecular weight excluding hydrogens is 312 g/mol. The summed E-state index contributed by atoms with van der Waals surface area (Å²) in [5.74, 6) is 0.207. The number of nitrogens with zero attached hydrogens (tertiary/aromatic N) is 3. The summed E-state index contributed by atoms with van der Waals surface area (Å²) in [5, 5.41) is 7.91. The summed E-state index contributed by atoms with van der Waals surface area (Å²) < 4.78 is 1.96. The second kappa shape index (κ2) is 7.83. The third-order valence-electron chi connectivity index (χ3n) is 4.85. The van der Waals surface area contributed by atoms with E-state index in [1.165, 1.54) is 5.56 Å². The van der Waals surface area contributed by atoms with Crippen molar-refractivity contribution in [3.63, 3.8) is 0 Å². The lowest BCUT2D eigenvalue weighted by Crippen LogP contribution is -2.50. The number of likely N-dealkylation sites (tertiary alicyclic amines) is 1. The van der Waals surface area contributed by atoms with Gasteiger partial charge in [-0.3, -0.25) is 14.8 Å². The minimum Gasteiger partial charge on any atom is -0.337 e. The summed E-state index contributed by atoms with van der Waals surface area (Å²) in [6, 6.07) is 10.5. The van der Waals surface area contributed by atoms with Gasteiger partial charge in [0.25, 0.3) is 0 Å². The Bertz CT molecular complexity index is 695. The van der Waals surface area contributed by atoms with Gasteiger partial charge < -0.3 is 4.90 Å². The van der Waals surface area contributed by atoms with E-state index < -0.39 is 0 Å². The van der Waals surface area contributed by atoms with E-state index in [2.05, 4.69) is 49.5 Å². The molecule has 0 bridgehead atoms. The average molecular weight is 340 g/mol. The Morgan fingerprint density at radius 1 is 1.24 bits per heavy atom. The summed E-state index contributed by atoms with van der Waals surface area (Å²) in [7, 11) is 0. The molecule has 0 spiro atoms. The molecule has 2 atom stereocenters. The first kappa shape index (κ1) is 17.7. The van der Waals surface area contributed by atoms with Crippen molar-refractivity contribution in [3.05, 3.63) is 53.9 Å². The molecule has 1 aliphatic heterocycles. The van der Waals surface area contributed by atoms with Gasteiger partial charge in [0.05, 0.1) is 12.2 Å². The molecule has 1 aromatic heterocycles. The number of carbonyl (C=O) groups is 1. The predicted molar refractivity (Wildman–Crippen MR) is 99.0 cm³/mol. The highest BCUT2D eigenvalue weighted by Crippen LogP contribution is 2.20. The van der Waals surface area contributed by atoms with Crippen LogP contribution in [-0.2, 0) is 11.3 Å². The van der Waals surface area contributed by atoms with Crippen LogP contribution in [-0.4, -0.2) is 33.2 Å². The van der Waals surface area contributed by atoms with E-state index in [1.807, 2.05) is 34.0 Å². The third-order valence-corrected chi connectivity index (χ3v) is 4.85. The van der Waals surface area contributed by atoms with Crippen molar-refractivity contribution in [1.82, 2.24) is 20.0 Å². The Labute approximate surface area is 150 Å². The Morgan fingerprint density at radius 2 is 2.00 bits per heavy atom. The SMILES string of the molecule is CC(C)n1cc([C@@H](C)N[C@H]2CCCN(Cc3ccccc3)C2=O)cn1. The molecule has 5 heteroatoms. The van der Waals surface area contributed by atoms with E-state index in [0.717, 1.165) is 24.9 Å². The molecule has 25 heavy (non-hydrogen) atoms. The van der Waals surface area contributed by atoms with Crippen LogP contribution >= 0.6 is 0 Å². The summed E-state index contributed by atoms with van der Waals surface area (Å²) in [6.07, 6.45) is 5.89. The van der Waals surface area contributed by atoms with Crippen LogP contribution in [0.25, 0.3) is 0 Å². The van der Waals surface area contributed by atoms with Crippen LogP contribution in [0.3, 0.4) is 0 Å². The molecule has 2 heterocycles. The van der Waals surface area contributed by atoms with Gasteiger partial charge in [0.2, 0.25) is 5.91 Å². The van der Waals surface area contributed by atoms with Gasteiger partial charge in [0, 0.05) is 36.9 Å². The molecule has 1 N–H and O–H groups in total. The van der Waals surface area contributed by atoms with Crippen LogP contribution in [0.15, 0.2) is 42.7 Å². The predicted octanol–water partition coefficient (Wildman–Crippen LogP) is 3.31. The molecule has 0 unspecified atom stereocenters. The number of rotatable bonds is 6. The minimum absolute atomic E-state index is 0.109. The van der Waals surface area contributed by atoms with Gasteiger partial charge in [-0.2, -0.15) is 5.10 Å². The summed E-state index contributed by atoms with van der Waals surface area (Å²) in [6.45, 7) is 7.86. The molecule has 1 fully saturated rings. The molecular formula is C20H28N4O. The van der Waals surface area contributed by atoms with Crippen molar-refractivity contribution >= 4 is 5.91 Å². The number of hydrogen-bond acceptors (Lipinski definition) is 3. The lowest BCUT2D eigenvalue weighted by molar-refractivity contribution is -0.136. The molecule has 3 rings (SSSR count). The van der Waals surface area contributed by atoms with Gasteiger partial charge in [-0.1, -0.05) is 30.3 Å². The fourth-order valence-corrected chi connectivity index (χ4v) is 3.31. The van der Waals surface area contributed by atoms with E-state index in [9.17, 15) is 4.79 Å². The van der Waals surface area contributed by atoms with Gasteiger partial charge in [0.15, 0.2) is 0 Å². The van der Waals surface area contributed by atoms with Crippen molar-refractivity contribution in [1.29, 1.82) is 0 Å². The average Bonchev–Trinajstić information content (AvgIpc) is 3.10. The van der Waals surface area contributed by atoms with Gasteiger partial charge >= 0.3 is 0 Å². The van der Waals surface area contributed by atoms with Gasteiger partial charge in [0.1, 0.15) is 0 Å². The maximum atomic E-state index is 12.9. The number of piperidine rings is 1. The Morgan fingerprint density at radius 3 is 2.68 bits per heavy atom. The highest BCUT2D eigenvalue weighted by Gasteiger charge is 2.29. The highest BCUT2D eigenvalue weighted by molar-refractivity contribution is 5.82. The first-order valence-corrected chi connectivity index (χ1v) is 9.17. The molecule has 1 amide bonds. The first-order valence-electron chi connectivity index (χ1n) is 9.17. The number of nitrogens with one attached hydrogen (secondary N) is 1. The number of carbonyl (C=O) groups excluding carboxylic acids is 1. The van der Waals surface area contributed by atoms with E-state index in [4.69, 9.17) is 0 Å². The molecule has 0 radical (unpaired) electrons. The van der Waals surface area contributed by atoms with Crippen molar-refractivity contribution < 1.29 is 4.79 Å². The minimum atomic E-state index is -0.116. The second-order valence-corrected chi connectivity index (χ2v) is 7.18. The zero-order valence-corrected chi connectivity index (χ0v) is 15.4. The number of amides is 1. The summed E-state index contributed by atoms with van der Waals surface area (Å²) in [5.41, 5.74) is 2.31. The largest absolute Gasteiger partial charge is 0.337 e. The molecule has 2 aromatic rings. The van der Waals surface area contributed by atoms with Crippen molar-refractivity contribution in [3.8, 4) is 0 Å². The van der Waals surface area contributed by atoms with Crippen molar-refractivity contribution in [2.45, 2.75) is 58.3 Å². The van der Waals surface area contributed by atoms with Gasteiger partial charge in [-0.15, -0.1) is 0 Å². The van der Waals surface area contributed by atoms with E-state index in [1.54, 1.807) is 0 Å². The van der Waals surface area contributed by atoms with E-state index >= 15 is 0 Å². The van der Waals surface area contributed by atoms with Crippen LogP contribution in [0.5, 0.6) is 0 Å². The first-order chi connectivity index (χ1) is 12.0. The molecule has 134 valence electrons. The normalized spacial score (nSPS) is 19.4. The fraction of sp³-hybridized carbons (Fsp3) is 0.500. The maximum absolute atomic E-state index is 12.9. The lowest BCUT2D eigenvalue weighted by Gasteiger charge is -2.34. The summed E-state index contributed by atoms with van der Waals surface area (Å²) >= 11 is 0. The van der Waals surface area contributed by atoms with Crippen LogP contribution in [0.1, 0.15) is 56.8 Å². The zero-order valence-electron chi connectivity index (χ0n) is 15.4. The Balaban J connectivity index is 1.62. The van der Waals surface area contributed by atoms with Crippen LogP contribution in [0.4, 0.5) is 0 Å². The molecule has 0 saturated carbocycles. The quantitative estimate of drug-likeness (QED) is 0.878. The lowest BCUT2D eigenvalue weighted by atomic mass is 10.0. The Kier molecular flexibility index (Phi) is 5.53. The standard InChI is InChI=1S/C20H28N4O/c1-15(2)24-14-18(12-21-24)16(3)22-19-10-7-11-23(20(19)25)13-17-8-5-4-6-9-17/h4-6,8-9,12,14-16,19,22H,7,10-11,13H2,1-3H3/t16-,19+/m1/s1. The van der Waals surface area contributed by atoms with Gasteiger partial charge in [-0.25, -0.2) is 0 Å². The molecule has 5 nitrogen and oxygen atoms in total. The molecule has 0 aliphatic carbocycles. The van der Waals surface area contributed by atoms with Gasteiger partial charge in [-0.05, 0) is 39.2 Å². The van der Waals surface area contributed by atoms with Crippen molar-refractivity contribution in [2.24, 2.45) is 0 Å². The molecule has 1 aliphatic rings. The van der Waals surface area contributed by atoms with E-state index in [-0.39, 0.29) is 18.0 Å². The van der Waals surface area contributed by atoms with Crippen LogP contribution < -0.4 is 5.32 Å². The molecule has 1 aromatic carbocycles. The highest BCUT2D eigenvalue weighted by atomic mass is 16.2. The van der Waals surface area contributed by atoms with Crippen LogP contribution in [0, 0.1) is 0 Å². The zero-order chi connectivity index (χ0) is 17.8.